The van der Waals surface area contributed by atoms with Crippen molar-refractivity contribution < 1.29 is 8.78 Å². The van der Waals surface area contributed by atoms with Crippen LogP contribution in [0.1, 0.15) is 17.6 Å². The van der Waals surface area contributed by atoms with Gasteiger partial charge < -0.3 is 0 Å². The zero-order chi connectivity index (χ0) is 10.0. The maximum absolute atomic E-state index is 12.3. The lowest BCUT2D eigenvalue weighted by Gasteiger charge is -2.03. The molecule has 0 radical (unpaired) electrons. The van der Waals surface area contributed by atoms with Crippen molar-refractivity contribution in [2.24, 2.45) is 0 Å². The van der Waals surface area contributed by atoms with E-state index in [2.05, 4.69) is 20.9 Å². The second kappa shape index (κ2) is 4.28. The highest BCUT2D eigenvalue weighted by atomic mass is 127. The highest BCUT2D eigenvalue weighted by molar-refractivity contribution is 14.1. The zero-order valence-corrected chi connectivity index (χ0v) is 9.80. The van der Waals surface area contributed by atoms with Crippen molar-refractivity contribution in [3.05, 3.63) is 25.5 Å². The zero-order valence-electron chi connectivity index (χ0n) is 6.06. The first-order valence-corrected chi connectivity index (χ1v) is 4.97. The number of hydrogen-bond donors (Lipinski definition) is 0. The number of nitrogens with zero attached hydrogens (tertiary/aromatic N) is 2. The van der Waals surface area contributed by atoms with Gasteiger partial charge in [0.15, 0.2) is 0 Å². The third kappa shape index (κ3) is 2.34. The van der Waals surface area contributed by atoms with Gasteiger partial charge in [-0.2, -0.15) is 5.26 Å². The van der Waals surface area contributed by atoms with E-state index in [9.17, 15) is 8.78 Å². The Kier molecular flexibility index (Phi) is 3.55. The van der Waals surface area contributed by atoms with E-state index in [4.69, 9.17) is 5.26 Å². The van der Waals surface area contributed by atoms with Gasteiger partial charge in [0, 0.05) is 0 Å². The number of pyridine rings is 1. The summed E-state index contributed by atoms with van der Waals surface area (Å²) < 4.78 is 25.1. The minimum Gasteiger partial charge on any atom is -0.233 e. The molecule has 0 unspecified atom stereocenters. The van der Waals surface area contributed by atoms with Crippen molar-refractivity contribution >= 4 is 38.5 Å². The van der Waals surface area contributed by atoms with Gasteiger partial charge in [-0.3, -0.25) is 0 Å². The topological polar surface area (TPSA) is 36.7 Å². The van der Waals surface area contributed by atoms with Crippen LogP contribution in [0.3, 0.4) is 0 Å². The molecule has 2 nitrogen and oxygen atoms in total. The number of aromatic nitrogens is 1. The molecule has 0 aliphatic heterocycles. The summed E-state index contributed by atoms with van der Waals surface area (Å²) in [5.74, 6) is 0. The Bertz CT molecular complexity index is 375. The monoisotopic (exact) mass is 358 g/mol. The Labute approximate surface area is 95.2 Å². The normalized spacial score (nSPS) is 10.2. The first kappa shape index (κ1) is 10.8. The fraction of sp³-hybridized carbons (Fsp3) is 0.143. The van der Waals surface area contributed by atoms with Crippen molar-refractivity contribution in [2.75, 3.05) is 0 Å². The Morgan fingerprint density at radius 1 is 1.62 bits per heavy atom. The van der Waals surface area contributed by atoms with E-state index in [-0.39, 0.29) is 14.8 Å². The fourth-order valence-electron chi connectivity index (χ4n) is 0.717. The lowest BCUT2D eigenvalue weighted by atomic mass is 10.2. The van der Waals surface area contributed by atoms with Crippen LogP contribution in [0.2, 0.25) is 0 Å². The molecule has 1 heterocycles. The van der Waals surface area contributed by atoms with Gasteiger partial charge in [0.05, 0.1) is 11.1 Å². The van der Waals surface area contributed by atoms with Gasteiger partial charge in [-0.05, 0) is 44.6 Å². The lowest BCUT2D eigenvalue weighted by Crippen LogP contribution is -1.96. The maximum atomic E-state index is 12.3. The van der Waals surface area contributed by atoms with Gasteiger partial charge in [-0.1, -0.05) is 0 Å². The van der Waals surface area contributed by atoms with Crippen LogP contribution in [0, 0.1) is 15.0 Å². The SMILES string of the molecule is N#Cc1cc(C(F)F)c(I)nc1Br. The number of hydrogen-bond acceptors (Lipinski definition) is 2. The second-order valence-electron chi connectivity index (χ2n) is 2.12. The molecule has 13 heavy (non-hydrogen) atoms. The molecule has 68 valence electrons. The molecule has 0 saturated heterocycles. The molecule has 0 saturated carbocycles. The largest absolute Gasteiger partial charge is 0.266 e. The number of nitriles is 1. The van der Waals surface area contributed by atoms with Crippen molar-refractivity contribution in [2.45, 2.75) is 6.43 Å². The van der Waals surface area contributed by atoms with Gasteiger partial charge in [0.2, 0.25) is 0 Å². The second-order valence-corrected chi connectivity index (χ2v) is 3.89. The molecule has 0 bridgehead atoms. The van der Waals surface area contributed by atoms with Gasteiger partial charge in [0.1, 0.15) is 14.4 Å². The predicted octanol–water partition coefficient (Wildman–Crippen LogP) is 3.26. The first-order valence-electron chi connectivity index (χ1n) is 3.10. The van der Waals surface area contributed by atoms with Crippen molar-refractivity contribution in [3.63, 3.8) is 0 Å². The van der Waals surface area contributed by atoms with Crippen molar-refractivity contribution in [3.8, 4) is 6.07 Å². The van der Waals surface area contributed by atoms with Crippen LogP contribution < -0.4 is 0 Å². The Balaban J connectivity index is 3.33. The Morgan fingerprint density at radius 2 is 2.23 bits per heavy atom. The molecule has 0 aromatic carbocycles. The highest BCUT2D eigenvalue weighted by Gasteiger charge is 2.15. The molecular weight excluding hydrogens is 357 g/mol. The predicted molar refractivity (Wildman–Crippen MR) is 54.3 cm³/mol. The molecule has 1 aromatic heterocycles. The minimum absolute atomic E-state index is 0.121. The number of alkyl halides is 2. The van der Waals surface area contributed by atoms with E-state index in [1.54, 1.807) is 28.7 Å². The molecule has 0 aliphatic carbocycles. The molecule has 0 spiro atoms. The quantitative estimate of drug-likeness (QED) is 0.570. The van der Waals surface area contributed by atoms with Gasteiger partial charge in [0.25, 0.3) is 6.43 Å². The molecule has 0 N–H and O–H groups in total. The van der Waals surface area contributed by atoms with Gasteiger partial charge in [-0.15, -0.1) is 0 Å². The number of rotatable bonds is 1. The highest BCUT2D eigenvalue weighted by Crippen LogP contribution is 2.26. The van der Waals surface area contributed by atoms with Gasteiger partial charge >= 0.3 is 0 Å². The molecule has 0 fully saturated rings. The average molecular weight is 359 g/mol. The van der Waals surface area contributed by atoms with E-state index >= 15 is 0 Å². The molecule has 0 atom stereocenters. The standard InChI is InChI=1S/C7H2BrF2IN2/c8-5-3(2-12)1-4(6(9)10)7(11)13-5/h1,6H. The van der Waals surface area contributed by atoms with Crippen molar-refractivity contribution in [1.29, 1.82) is 5.26 Å². The number of halogens is 4. The molecule has 0 amide bonds. The van der Waals surface area contributed by atoms with Crippen LogP contribution in [-0.2, 0) is 0 Å². The molecule has 1 rings (SSSR count). The van der Waals surface area contributed by atoms with Crippen molar-refractivity contribution in [1.82, 2.24) is 4.98 Å². The maximum Gasteiger partial charge on any atom is 0.266 e. The van der Waals surface area contributed by atoms with E-state index in [1.807, 2.05) is 0 Å². The smallest absolute Gasteiger partial charge is 0.233 e. The first-order chi connectivity index (χ1) is 6.06. The third-order valence-corrected chi connectivity index (χ3v) is 2.78. The van der Waals surface area contributed by atoms with Crippen LogP contribution in [0.25, 0.3) is 0 Å². The van der Waals surface area contributed by atoms with Crippen LogP contribution in [0.4, 0.5) is 8.78 Å². The summed E-state index contributed by atoms with van der Waals surface area (Å²) in [5, 5.41) is 8.55. The van der Waals surface area contributed by atoms with E-state index < -0.39 is 6.43 Å². The minimum atomic E-state index is -2.60. The van der Waals surface area contributed by atoms with E-state index in [1.165, 1.54) is 0 Å². The molecule has 0 aliphatic rings. The molecule has 1 aromatic rings. The summed E-state index contributed by atoms with van der Waals surface area (Å²) in [7, 11) is 0. The molecular formula is C7H2BrF2IN2. The van der Waals surface area contributed by atoms with E-state index in [0.29, 0.717) is 4.60 Å². The summed E-state index contributed by atoms with van der Waals surface area (Å²) in [4.78, 5) is 3.77. The summed E-state index contributed by atoms with van der Waals surface area (Å²) in [6.45, 7) is 0. The Hall–Kier alpha value is -0.290. The molecule has 6 heteroatoms. The van der Waals surface area contributed by atoms with Crippen LogP contribution in [0.5, 0.6) is 0 Å². The van der Waals surface area contributed by atoms with Crippen LogP contribution >= 0.6 is 38.5 Å². The summed E-state index contributed by atoms with van der Waals surface area (Å²) in [6.07, 6.45) is -2.60. The third-order valence-electron chi connectivity index (χ3n) is 1.31. The van der Waals surface area contributed by atoms with E-state index in [0.717, 1.165) is 6.07 Å². The van der Waals surface area contributed by atoms with Gasteiger partial charge in [-0.25, -0.2) is 13.8 Å². The summed E-state index contributed by atoms with van der Waals surface area (Å²) >= 11 is 4.71. The summed E-state index contributed by atoms with van der Waals surface area (Å²) in [6, 6.07) is 2.91. The Morgan fingerprint density at radius 3 is 2.69 bits per heavy atom. The van der Waals surface area contributed by atoms with Crippen LogP contribution in [-0.4, -0.2) is 4.98 Å². The average Bonchev–Trinajstić information content (AvgIpc) is 2.03. The lowest BCUT2D eigenvalue weighted by molar-refractivity contribution is 0.150. The fourth-order valence-corrected chi connectivity index (χ4v) is 2.06. The summed E-state index contributed by atoms with van der Waals surface area (Å²) in [5.41, 5.74) is -0.0870. The van der Waals surface area contributed by atoms with Crippen LogP contribution in [0.15, 0.2) is 10.7 Å².